The van der Waals surface area contributed by atoms with E-state index in [4.69, 9.17) is 0 Å². The summed E-state index contributed by atoms with van der Waals surface area (Å²) in [6, 6.07) is 11.3. The number of pyridine rings is 1. The van der Waals surface area contributed by atoms with Crippen LogP contribution in [0.5, 0.6) is 5.75 Å². The van der Waals surface area contributed by atoms with Gasteiger partial charge in [-0.15, -0.1) is 0 Å². The zero-order chi connectivity index (χ0) is 24.3. The summed E-state index contributed by atoms with van der Waals surface area (Å²) in [6.45, 7) is 5.93. The molecule has 3 aromatic rings. The average Bonchev–Trinajstić information content (AvgIpc) is 2.73. The summed E-state index contributed by atoms with van der Waals surface area (Å²) < 4.78 is 1.21. The molecule has 4 N–H and O–H groups in total. The molecule has 33 heavy (non-hydrogen) atoms. The molecule has 2 amide bonds. The minimum Gasteiger partial charge on any atom is -0.505 e. The highest BCUT2D eigenvalue weighted by atomic mass is 16.4. The summed E-state index contributed by atoms with van der Waals surface area (Å²) >= 11 is 0. The summed E-state index contributed by atoms with van der Waals surface area (Å²) in [5, 5.41) is 24.4. The lowest BCUT2D eigenvalue weighted by molar-refractivity contribution is -0.137. The van der Waals surface area contributed by atoms with Crippen LogP contribution in [0.3, 0.4) is 0 Å². The van der Waals surface area contributed by atoms with E-state index in [1.807, 2.05) is 57.2 Å². The molecule has 0 unspecified atom stereocenters. The van der Waals surface area contributed by atoms with Crippen LogP contribution in [0.25, 0.3) is 11.1 Å². The number of amides is 2. The molecule has 8 heteroatoms. The Labute approximate surface area is 191 Å². The smallest absolute Gasteiger partial charge is 0.319 e. The second kappa shape index (κ2) is 9.60. The summed E-state index contributed by atoms with van der Waals surface area (Å²) in [5.41, 5.74) is 4.81. The molecule has 1 atom stereocenters. The lowest BCUT2D eigenvalue weighted by Gasteiger charge is -2.20. The number of carbonyl (C=O) groups is 2. The molecule has 0 saturated carbocycles. The maximum absolute atomic E-state index is 12.7. The fourth-order valence-corrected chi connectivity index (χ4v) is 3.90. The second-order valence-corrected chi connectivity index (χ2v) is 8.14. The number of nitrogens with zero attached hydrogens (tertiary/aromatic N) is 1. The number of carbonyl (C=O) groups excluding carboxylic acids is 1. The number of aryl methyl sites for hydroxylation is 4. The normalized spacial score (nSPS) is 11.6. The van der Waals surface area contributed by atoms with E-state index in [2.05, 4.69) is 10.6 Å². The van der Waals surface area contributed by atoms with Gasteiger partial charge in [0, 0.05) is 13.2 Å². The minimum atomic E-state index is -1.09. The van der Waals surface area contributed by atoms with Gasteiger partial charge in [-0.2, -0.15) is 0 Å². The van der Waals surface area contributed by atoms with Gasteiger partial charge >= 0.3 is 12.0 Å². The molecule has 172 valence electrons. The number of aliphatic carboxylic acids is 1. The highest BCUT2D eigenvalue weighted by molar-refractivity contribution is 5.91. The molecular weight excluding hydrogens is 422 g/mol. The van der Waals surface area contributed by atoms with Gasteiger partial charge in [-0.25, -0.2) is 4.79 Å². The zero-order valence-electron chi connectivity index (χ0n) is 19.0. The van der Waals surface area contributed by atoms with Gasteiger partial charge in [0.25, 0.3) is 5.56 Å². The molecule has 0 spiro atoms. The van der Waals surface area contributed by atoms with Crippen molar-refractivity contribution in [3.8, 4) is 16.9 Å². The van der Waals surface area contributed by atoms with Crippen molar-refractivity contribution in [2.45, 2.75) is 33.2 Å². The fourth-order valence-electron chi connectivity index (χ4n) is 3.90. The quantitative estimate of drug-likeness (QED) is 0.453. The monoisotopic (exact) mass is 449 g/mol. The number of anilines is 1. The summed E-state index contributed by atoms with van der Waals surface area (Å²) in [5.74, 6) is -1.47. The van der Waals surface area contributed by atoms with Gasteiger partial charge in [-0.1, -0.05) is 35.9 Å². The van der Waals surface area contributed by atoms with Gasteiger partial charge in [-0.05, 0) is 60.7 Å². The van der Waals surface area contributed by atoms with Crippen molar-refractivity contribution >= 4 is 17.7 Å². The van der Waals surface area contributed by atoms with Crippen LogP contribution >= 0.6 is 0 Å². The second-order valence-electron chi connectivity index (χ2n) is 8.14. The van der Waals surface area contributed by atoms with Crippen LogP contribution in [0, 0.1) is 20.8 Å². The largest absolute Gasteiger partial charge is 0.505 e. The Balaban J connectivity index is 1.96. The molecule has 0 radical (unpaired) electrons. The van der Waals surface area contributed by atoms with E-state index in [-0.39, 0.29) is 17.9 Å². The molecular formula is C25H27N3O5. The van der Waals surface area contributed by atoms with Crippen LogP contribution in [-0.4, -0.2) is 26.8 Å². The SMILES string of the molecule is Cc1cc(-c2c(C)cccc2C)cc([C@H](CC(=O)O)NC(=O)Nc2c(O)ccn(C)c2=O)c1. The number of hydrogen-bond donors (Lipinski definition) is 4. The number of hydrogen-bond acceptors (Lipinski definition) is 4. The molecule has 2 aromatic carbocycles. The highest BCUT2D eigenvalue weighted by Gasteiger charge is 2.21. The molecule has 0 aliphatic rings. The van der Waals surface area contributed by atoms with Crippen molar-refractivity contribution in [2.75, 3.05) is 5.32 Å². The van der Waals surface area contributed by atoms with Crippen LogP contribution in [0.15, 0.2) is 53.5 Å². The number of nitrogens with one attached hydrogen (secondary N) is 2. The maximum Gasteiger partial charge on any atom is 0.319 e. The minimum absolute atomic E-state index is 0.285. The van der Waals surface area contributed by atoms with Crippen molar-refractivity contribution < 1.29 is 19.8 Å². The predicted molar refractivity (Wildman–Crippen MR) is 127 cm³/mol. The number of carboxylic acid groups (broad SMARTS) is 1. The van der Waals surface area contributed by atoms with E-state index >= 15 is 0 Å². The topological polar surface area (TPSA) is 121 Å². The van der Waals surface area contributed by atoms with Crippen molar-refractivity contribution in [3.05, 3.63) is 81.3 Å². The lowest BCUT2D eigenvalue weighted by atomic mass is 9.91. The predicted octanol–water partition coefficient (Wildman–Crippen LogP) is 4.02. The Morgan fingerprint density at radius 2 is 1.73 bits per heavy atom. The average molecular weight is 450 g/mol. The first-order valence-electron chi connectivity index (χ1n) is 10.4. The number of aromatic nitrogens is 1. The molecule has 1 aromatic heterocycles. The molecule has 0 fully saturated rings. The number of benzene rings is 2. The molecule has 0 bridgehead atoms. The Kier molecular flexibility index (Phi) is 6.86. The van der Waals surface area contributed by atoms with Gasteiger partial charge in [0.1, 0.15) is 5.75 Å². The molecule has 0 saturated heterocycles. The van der Waals surface area contributed by atoms with Gasteiger partial charge in [0.15, 0.2) is 5.69 Å². The first-order valence-corrected chi connectivity index (χ1v) is 10.4. The van der Waals surface area contributed by atoms with Gasteiger partial charge in [0.05, 0.1) is 12.5 Å². The zero-order valence-corrected chi connectivity index (χ0v) is 19.0. The first-order chi connectivity index (χ1) is 15.6. The Hall–Kier alpha value is -4.07. The lowest BCUT2D eigenvalue weighted by Crippen LogP contribution is -2.36. The number of carboxylic acids is 1. The van der Waals surface area contributed by atoms with Crippen LogP contribution in [0.4, 0.5) is 10.5 Å². The highest BCUT2D eigenvalue weighted by Crippen LogP contribution is 2.31. The standard InChI is InChI=1S/C25H27N3O5/c1-14-10-17(12-18(11-14)22-15(2)6-5-7-16(22)3)19(13-21(30)31)26-25(33)27-23-20(29)8-9-28(4)24(23)32/h5-12,19,29H,13H2,1-4H3,(H,30,31)(H2,26,27,33)/t19-/m0/s1. The van der Waals surface area contributed by atoms with Gasteiger partial charge < -0.3 is 25.4 Å². The van der Waals surface area contributed by atoms with Crippen LogP contribution in [0.1, 0.15) is 34.7 Å². The van der Waals surface area contributed by atoms with Crippen molar-refractivity contribution in [2.24, 2.45) is 7.05 Å². The Morgan fingerprint density at radius 1 is 1.06 bits per heavy atom. The number of rotatable bonds is 6. The third kappa shape index (κ3) is 5.41. The third-order valence-corrected chi connectivity index (χ3v) is 5.44. The van der Waals surface area contributed by atoms with Gasteiger partial charge in [0.2, 0.25) is 0 Å². The molecule has 1 heterocycles. The summed E-state index contributed by atoms with van der Waals surface area (Å²) in [7, 11) is 1.49. The van der Waals surface area contributed by atoms with E-state index in [9.17, 15) is 24.6 Å². The molecule has 0 aliphatic carbocycles. The Bertz CT molecular complexity index is 1260. The number of aromatic hydroxyl groups is 1. The van der Waals surface area contributed by atoms with E-state index in [1.165, 1.54) is 23.9 Å². The van der Waals surface area contributed by atoms with Gasteiger partial charge in [-0.3, -0.25) is 9.59 Å². The summed E-state index contributed by atoms with van der Waals surface area (Å²) in [6.07, 6.45) is 1.01. The summed E-state index contributed by atoms with van der Waals surface area (Å²) in [4.78, 5) is 36.5. The molecule has 8 nitrogen and oxygen atoms in total. The van der Waals surface area contributed by atoms with E-state index in [0.29, 0.717) is 5.56 Å². The molecule has 3 rings (SSSR count). The van der Waals surface area contributed by atoms with Crippen LogP contribution < -0.4 is 16.2 Å². The van der Waals surface area contributed by atoms with E-state index in [1.54, 1.807) is 0 Å². The first kappa shape index (κ1) is 23.6. The van der Waals surface area contributed by atoms with Crippen LogP contribution in [0.2, 0.25) is 0 Å². The molecule has 0 aliphatic heterocycles. The Morgan fingerprint density at radius 3 is 2.36 bits per heavy atom. The van der Waals surface area contributed by atoms with E-state index < -0.39 is 23.6 Å². The van der Waals surface area contributed by atoms with Crippen molar-refractivity contribution in [1.82, 2.24) is 9.88 Å². The van der Waals surface area contributed by atoms with Crippen molar-refractivity contribution in [3.63, 3.8) is 0 Å². The fraction of sp³-hybridized carbons (Fsp3) is 0.240. The van der Waals surface area contributed by atoms with Crippen molar-refractivity contribution in [1.29, 1.82) is 0 Å². The third-order valence-electron chi connectivity index (χ3n) is 5.44. The van der Waals surface area contributed by atoms with E-state index in [0.717, 1.165) is 27.8 Å². The van der Waals surface area contributed by atoms with Crippen LogP contribution in [-0.2, 0) is 11.8 Å². The number of urea groups is 1. The maximum atomic E-state index is 12.7.